The van der Waals surface area contributed by atoms with Crippen molar-refractivity contribution >= 4 is 22.4 Å². The molecule has 5 nitrogen and oxygen atoms in total. The molecule has 27 heavy (non-hydrogen) atoms. The van der Waals surface area contributed by atoms with Crippen molar-refractivity contribution in [1.82, 2.24) is 5.32 Å². The molecule has 3 aromatic carbocycles. The number of rotatable bonds is 9. The van der Waals surface area contributed by atoms with Crippen LogP contribution in [0.15, 0.2) is 66.7 Å². The molecule has 0 aliphatic rings. The van der Waals surface area contributed by atoms with Crippen LogP contribution >= 0.6 is 0 Å². The zero-order valence-corrected chi connectivity index (χ0v) is 15.4. The molecule has 5 heteroatoms. The molecule has 0 bridgehead atoms. The summed E-state index contributed by atoms with van der Waals surface area (Å²) in [6, 6.07) is 21.6. The highest BCUT2D eigenvalue weighted by Crippen LogP contribution is 2.22. The van der Waals surface area contributed by atoms with E-state index >= 15 is 0 Å². The van der Waals surface area contributed by atoms with E-state index in [2.05, 4.69) is 28.8 Å². The molecule has 0 atom stereocenters. The fourth-order valence-electron chi connectivity index (χ4n) is 2.78. The number of carbonyl (C=O) groups excluding carboxylic acids is 1. The highest BCUT2D eigenvalue weighted by Gasteiger charge is 2.03. The Hall–Kier alpha value is -3.21. The number of nitrogens with one attached hydrogen (secondary N) is 2. The SMILES string of the molecule is CCOc1ccc(OCC(=O)NCCNc2cccc3ccccc23)cc1. The van der Waals surface area contributed by atoms with Crippen LogP contribution in [0, 0.1) is 0 Å². The molecule has 0 fully saturated rings. The first-order valence-corrected chi connectivity index (χ1v) is 9.10. The maximum absolute atomic E-state index is 11.9. The number of ether oxygens (including phenoxy) is 2. The highest BCUT2D eigenvalue weighted by molar-refractivity contribution is 5.93. The second-order valence-electron chi connectivity index (χ2n) is 6.00. The molecule has 0 spiro atoms. The number of carbonyl (C=O) groups is 1. The predicted molar refractivity (Wildman–Crippen MR) is 109 cm³/mol. The van der Waals surface area contributed by atoms with Crippen molar-refractivity contribution in [1.29, 1.82) is 0 Å². The number of hydrogen-bond acceptors (Lipinski definition) is 4. The molecular weight excluding hydrogens is 340 g/mol. The fourth-order valence-corrected chi connectivity index (χ4v) is 2.78. The Bertz CT molecular complexity index is 873. The van der Waals surface area contributed by atoms with Gasteiger partial charge in [0.1, 0.15) is 11.5 Å². The zero-order chi connectivity index (χ0) is 18.9. The van der Waals surface area contributed by atoms with Crippen LogP contribution < -0.4 is 20.1 Å². The third kappa shape index (κ3) is 5.38. The third-order valence-electron chi connectivity index (χ3n) is 4.06. The van der Waals surface area contributed by atoms with Gasteiger partial charge in [-0.05, 0) is 42.6 Å². The minimum absolute atomic E-state index is 0.0117. The monoisotopic (exact) mass is 364 g/mol. The molecule has 0 unspecified atom stereocenters. The Balaban J connectivity index is 1.39. The van der Waals surface area contributed by atoms with E-state index in [1.54, 1.807) is 12.1 Å². The maximum Gasteiger partial charge on any atom is 0.258 e. The van der Waals surface area contributed by atoms with Crippen LogP contribution in [0.2, 0.25) is 0 Å². The van der Waals surface area contributed by atoms with Gasteiger partial charge in [-0.25, -0.2) is 0 Å². The first-order chi connectivity index (χ1) is 13.3. The van der Waals surface area contributed by atoms with Crippen LogP contribution in [-0.4, -0.2) is 32.2 Å². The fraction of sp³-hybridized carbons (Fsp3) is 0.227. The second-order valence-corrected chi connectivity index (χ2v) is 6.00. The quantitative estimate of drug-likeness (QED) is 0.566. The Morgan fingerprint density at radius 1 is 0.852 bits per heavy atom. The number of amides is 1. The molecule has 0 aliphatic carbocycles. The number of fused-ring (bicyclic) bond motifs is 1. The average molecular weight is 364 g/mol. The molecule has 0 saturated heterocycles. The van der Waals surface area contributed by atoms with Crippen LogP contribution in [0.4, 0.5) is 5.69 Å². The van der Waals surface area contributed by atoms with Crippen molar-refractivity contribution < 1.29 is 14.3 Å². The van der Waals surface area contributed by atoms with E-state index in [4.69, 9.17) is 9.47 Å². The van der Waals surface area contributed by atoms with E-state index < -0.39 is 0 Å². The van der Waals surface area contributed by atoms with E-state index in [0.717, 1.165) is 11.4 Å². The molecule has 0 saturated carbocycles. The Labute approximate surface area is 159 Å². The highest BCUT2D eigenvalue weighted by atomic mass is 16.5. The molecular formula is C22H24N2O3. The van der Waals surface area contributed by atoms with Gasteiger partial charge < -0.3 is 20.1 Å². The van der Waals surface area contributed by atoms with Crippen LogP contribution in [0.25, 0.3) is 10.8 Å². The first-order valence-electron chi connectivity index (χ1n) is 9.10. The Morgan fingerprint density at radius 3 is 2.33 bits per heavy atom. The zero-order valence-electron chi connectivity index (χ0n) is 15.4. The summed E-state index contributed by atoms with van der Waals surface area (Å²) in [6.07, 6.45) is 0. The van der Waals surface area contributed by atoms with Crippen molar-refractivity contribution in [2.24, 2.45) is 0 Å². The lowest BCUT2D eigenvalue weighted by Crippen LogP contribution is -2.32. The van der Waals surface area contributed by atoms with E-state index in [1.165, 1.54) is 10.8 Å². The largest absolute Gasteiger partial charge is 0.494 e. The molecule has 0 radical (unpaired) electrons. The van der Waals surface area contributed by atoms with Gasteiger partial charge in [-0.1, -0.05) is 36.4 Å². The molecule has 0 heterocycles. The van der Waals surface area contributed by atoms with E-state index in [9.17, 15) is 4.79 Å². The van der Waals surface area contributed by atoms with E-state index in [0.29, 0.717) is 25.4 Å². The van der Waals surface area contributed by atoms with Gasteiger partial charge in [0.05, 0.1) is 6.61 Å². The van der Waals surface area contributed by atoms with Crippen LogP contribution in [0.3, 0.4) is 0 Å². The van der Waals surface area contributed by atoms with Crippen molar-refractivity contribution in [3.8, 4) is 11.5 Å². The maximum atomic E-state index is 11.9. The summed E-state index contributed by atoms with van der Waals surface area (Å²) in [5.41, 5.74) is 1.06. The topological polar surface area (TPSA) is 59.6 Å². The van der Waals surface area contributed by atoms with Gasteiger partial charge in [-0.2, -0.15) is 0 Å². The van der Waals surface area contributed by atoms with Crippen LogP contribution in [-0.2, 0) is 4.79 Å². The lowest BCUT2D eigenvalue weighted by Gasteiger charge is -2.11. The molecule has 3 rings (SSSR count). The first kappa shape index (κ1) is 18.6. The van der Waals surface area contributed by atoms with Gasteiger partial charge >= 0.3 is 0 Å². The number of benzene rings is 3. The van der Waals surface area contributed by atoms with Crippen molar-refractivity contribution in [2.75, 3.05) is 31.6 Å². The van der Waals surface area contributed by atoms with Gasteiger partial charge in [0.2, 0.25) is 0 Å². The average Bonchev–Trinajstić information content (AvgIpc) is 2.71. The summed E-state index contributed by atoms with van der Waals surface area (Å²) in [5.74, 6) is 1.28. The summed E-state index contributed by atoms with van der Waals surface area (Å²) in [7, 11) is 0. The molecule has 0 aliphatic heterocycles. The van der Waals surface area contributed by atoms with E-state index in [1.807, 2.05) is 43.3 Å². The smallest absolute Gasteiger partial charge is 0.258 e. The summed E-state index contributed by atoms with van der Waals surface area (Å²) < 4.78 is 10.9. The minimum atomic E-state index is -0.149. The van der Waals surface area contributed by atoms with Gasteiger partial charge in [0.15, 0.2) is 6.61 Å². The van der Waals surface area contributed by atoms with E-state index in [-0.39, 0.29) is 12.5 Å². The summed E-state index contributed by atoms with van der Waals surface area (Å²) in [4.78, 5) is 11.9. The third-order valence-corrected chi connectivity index (χ3v) is 4.06. The van der Waals surface area contributed by atoms with Crippen LogP contribution in [0.1, 0.15) is 6.92 Å². The van der Waals surface area contributed by atoms with Crippen molar-refractivity contribution in [3.05, 3.63) is 66.7 Å². The molecule has 2 N–H and O–H groups in total. The Kier molecular flexibility index (Phi) is 6.52. The van der Waals surface area contributed by atoms with Gasteiger partial charge in [-0.3, -0.25) is 4.79 Å². The summed E-state index contributed by atoms with van der Waals surface area (Å²) in [5, 5.41) is 8.58. The minimum Gasteiger partial charge on any atom is -0.494 e. The second kappa shape index (κ2) is 9.48. The molecule has 1 amide bonds. The lowest BCUT2D eigenvalue weighted by molar-refractivity contribution is -0.123. The summed E-state index contributed by atoms with van der Waals surface area (Å²) in [6.45, 7) is 3.71. The number of hydrogen-bond donors (Lipinski definition) is 2. The number of anilines is 1. The molecule has 140 valence electrons. The van der Waals surface area contributed by atoms with Gasteiger partial charge in [0.25, 0.3) is 5.91 Å². The normalized spacial score (nSPS) is 10.4. The van der Waals surface area contributed by atoms with Crippen molar-refractivity contribution in [2.45, 2.75) is 6.92 Å². The standard InChI is InChI=1S/C22H24N2O3/c1-2-26-18-10-12-19(13-11-18)27-16-22(25)24-15-14-23-21-9-5-7-17-6-3-4-8-20(17)21/h3-13,23H,2,14-16H2,1H3,(H,24,25). The van der Waals surface area contributed by atoms with Crippen LogP contribution in [0.5, 0.6) is 11.5 Å². The Morgan fingerprint density at radius 2 is 1.56 bits per heavy atom. The summed E-state index contributed by atoms with van der Waals surface area (Å²) >= 11 is 0. The van der Waals surface area contributed by atoms with Gasteiger partial charge in [0, 0.05) is 24.2 Å². The predicted octanol–water partition coefficient (Wildman–Crippen LogP) is 3.85. The van der Waals surface area contributed by atoms with Gasteiger partial charge in [-0.15, -0.1) is 0 Å². The van der Waals surface area contributed by atoms with Crippen molar-refractivity contribution in [3.63, 3.8) is 0 Å². The molecule has 3 aromatic rings. The lowest BCUT2D eigenvalue weighted by atomic mass is 10.1. The molecule has 0 aromatic heterocycles.